The molecule has 0 aliphatic rings. The lowest BCUT2D eigenvalue weighted by atomic mass is 10.1. The zero-order valence-corrected chi connectivity index (χ0v) is 12.8. The van der Waals surface area contributed by atoms with Crippen molar-refractivity contribution in [3.05, 3.63) is 53.6 Å². The Kier molecular flexibility index (Phi) is 5.36. The second-order valence-corrected chi connectivity index (χ2v) is 5.46. The third-order valence-electron chi connectivity index (χ3n) is 3.74. The number of unbranched alkanes of at least 4 members (excludes halogenated alkanes) is 1. The van der Waals surface area contributed by atoms with Gasteiger partial charge < -0.3 is 9.88 Å². The summed E-state index contributed by atoms with van der Waals surface area (Å²) in [5.74, 6) is 1.10. The van der Waals surface area contributed by atoms with Crippen LogP contribution in [0.25, 0.3) is 0 Å². The minimum Gasteiger partial charge on any atom is -0.335 e. The average Bonchev–Trinajstić information content (AvgIpc) is 2.84. The first-order chi connectivity index (χ1) is 9.66. The molecular formula is C17H25N3. The molecule has 0 amide bonds. The van der Waals surface area contributed by atoms with Gasteiger partial charge in [-0.2, -0.15) is 0 Å². The fraction of sp³-hybridized carbons (Fsp3) is 0.471. The van der Waals surface area contributed by atoms with Crippen LogP contribution < -0.4 is 5.32 Å². The van der Waals surface area contributed by atoms with Crippen molar-refractivity contribution in [2.75, 3.05) is 6.54 Å². The molecule has 0 spiro atoms. The monoisotopic (exact) mass is 271 g/mol. The lowest BCUT2D eigenvalue weighted by molar-refractivity contribution is 0.520. The highest BCUT2D eigenvalue weighted by atomic mass is 15.0. The standard InChI is InChI=1S/C17H25N3/c1-14-7-6-8-17(13-14)15(2)18-9-4-5-11-20-12-10-19-16(20)3/h6-8,10,12-13,15,18H,4-5,9,11H2,1-3H3/t15-/m1/s1. The van der Waals surface area contributed by atoms with Crippen molar-refractivity contribution in [2.45, 2.75) is 46.2 Å². The number of benzene rings is 1. The van der Waals surface area contributed by atoms with Gasteiger partial charge in [-0.15, -0.1) is 0 Å². The summed E-state index contributed by atoms with van der Waals surface area (Å²) in [7, 11) is 0. The molecule has 0 unspecified atom stereocenters. The molecule has 1 aromatic heterocycles. The predicted octanol–water partition coefficient (Wildman–Crippen LogP) is 3.63. The Hall–Kier alpha value is -1.61. The van der Waals surface area contributed by atoms with Crippen LogP contribution in [0.5, 0.6) is 0 Å². The van der Waals surface area contributed by atoms with Crippen molar-refractivity contribution >= 4 is 0 Å². The van der Waals surface area contributed by atoms with E-state index < -0.39 is 0 Å². The summed E-state index contributed by atoms with van der Waals surface area (Å²) < 4.78 is 2.21. The van der Waals surface area contributed by atoms with Gasteiger partial charge in [0.2, 0.25) is 0 Å². The van der Waals surface area contributed by atoms with Crippen molar-refractivity contribution < 1.29 is 0 Å². The minimum absolute atomic E-state index is 0.421. The number of hydrogen-bond donors (Lipinski definition) is 1. The summed E-state index contributed by atoms with van der Waals surface area (Å²) in [6.45, 7) is 8.55. The molecular weight excluding hydrogens is 246 g/mol. The zero-order valence-electron chi connectivity index (χ0n) is 12.8. The van der Waals surface area contributed by atoms with E-state index in [9.17, 15) is 0 Å². The van der Waals surface area contributed by atoms with Gasteiger partial charge >= 0.3 is 0 Å². The Morgan fingerprint density at radius 2 is 2.10 bits per heavy atom. The van der Waals surface area contributed by atoms with Crippen molar-refractivity contribution in [2.24, 2.45) is 0 Å². The molecule has 3 heteroatoms. The van der Waals surface area contributed by atoms with Gasteiger partial charge in [0.1, 0.15) is 5.82 Å². The van der Waals surface area contributed by atoms with E-state index in [4.69, 9.17) is 0 Å². The van der Waals surface area contributed by atoms with Gasteiger partial charge in [0, 0.05) is 25.0 Å². The lowest BCUT2D eigenvalue weighted by Gasteiger charge is -2.15. The summed E-state index contributed by atoms with van der Waals surface area (Å²) in [5.41, 5.74) is 2.70. The SMILES string of the molecule is Cc1cccc([C@@H](C)NCCCCn2ccnc2C)c1. The molecule has 20 heavy (non-hydrogen) atoms. The second-order valence-electron chi connectivity index (χ2n) is 5.46. The van der Waals surface area contributed by atoms with Crippen LogP contribution in [0.2, 0.25) is 0 Å². The maximum atomic E-state index is 4.24. The summed E-state index contributed by atoms with van der Waals surface area (Å²) in [6.07, 6.45) is 6.30. The largest absolute Gasteiger partial charge is 0.335 e. The number of nitrogens with zero attached hydrogens (tertiary/aromatic N) is 2. The van der Waals surface area contributed by atoms with E-state index in [1.165, 1.54) is 24.0 Å². The van der Waals surface area contributed by atoms with Crippen LogP contribution in [0, 0.1) is 13.8 Å². The number of aromatic nitrogens is 2. The maximum Gasteiger partial charge on any atom is 0.105 e. The Morgan fingerprint density at radius 1 is 1.25 bits per heavy atom. The third-order valence-corrected chi connectivity index (χ3v) is 3.74. The molecule has 0 saturated carbocycles. The number of hydrogen-bond acceptors (Lipinski definition) is 2. The third kappa shape index (κ3) is 4.20. The molecule has 1 N–H and O–H groups in total. The second kappa shape index (κ2) is 7.25. The fourth-order valence-corrected chi connectivity index (χ4v) is 2.42. The van der Waals surface area contributed by atoms with Crippen LogP contribution in [0.1, 0.15) is 42.8 Å². The Labute approximate surface area is 122 Å². The number of rotatable bonds is 7. The van der Waals surface area contributed by atoms with E-state index in [1.54, 1.807) is 0 Å². The van der Waals surface area contributed by atoms with Gasteiger partial charge in [-0.05, 0) is 45.7 Å². The summed E-state index contributed by atoms with van der Waals surface area (Å²) in [5, 5.41) is 3.60. The molecule has 0 bridgehead atoms. The molecule has 2 aromatic rings. The molecule has 0 saturated heterocycles. The normalized spacial score (nSPS) is 12.6. The van der Waals surface area contributed by atoms with Crippen LogP contribution in [-0.4, -0.2) is 16.1 Å². The van der Waals surface area contributed by atoms with Gasteiger partial charge in [-0.3, -0.25) is 0 Å². The van der Waals surface area contributed by atoms with Crippen LogP contribution in [0.3, 0.4) is 0 Å². The van der Waals surface area contributed by atoms with Gasteiger partial charge in [-0.1, -0.05) is 29.8 Å². The molecule has 2 rings (SSSR count). The summed E-state index contributed by atoms with van der Waals surface area (Å²) in [4.78, 5) is 4.24. The highest BCUT2D eigenvalue weighted by molar-refractivity contribution is 5.24. The number of imidazole rings is 1. The highest BCUT2D eigenvalue weighted by Gasteiger charge is 2.04. The quantitative estimate of drug-likeness (QED) is 0.779. The van der Waals surface area contributed by atoms with E-state index in [0.29, 0.717) is 6.04 Å². The van der Waals surface area contributed by atoms with Crippen LogP contribution >= 0.6 is 0 Å². The first-order valence-electron chi connectivity index (χ1n) is 7.44. The molecule has 0 aliphatic heterocycles. The van der Waals surface area contributed by atoms with Gasteiger partial charge in [-0.25, -0.2) is 4.98 Å². The van der Waals surface area contributed by atoms with E-state index in [-0.39, 0.29) is 0 Å². The van der Waals surface area contributed by atoms with E-state index in [0.717, 1.165) is 18.9 Å². The van der Waals surface area contributed by atoms with Gasteiger partial charge in [0.15, 0.2) is 0 Å². The predicted molar refractivity (Wildman–Crippen MR) is 83.8 cm³/mol. The molecule has 108 valence electrons. The first kappa shape index (κ1) is 14.8. The molecule has 0 aliphatic carbocycles. The Balaban J connectivity index is 1.67. The van der Waals surface area contributed by atoms with E-state index >= 15 is 0 Å². The van der Waals surface area contributed by atoms with Crippen molar-refractivity contribution in [1.29, 1.82) is 0 Å². The summed E-state index contributed by atoms with van der Waals surface area (Å²) >= 11 is 0. The Morgan fingerprint density at radius 3 is 2.80 bits per heavy atom. The van der Waals surface area contributed by atoms with Crippen LogP contribution in [0.15, 0.2) is 36.7 Å². The van der Waals surface area contributed by atoms with Gasteiger partial charge in [0.05, 0.1) is 0 Å². The molecule has 1 heterocycles. The van der Waals surface area contributed by atoms with Crippen molar-refractivity contribution in [1.82, 2.24) is 14.9 Å². The molecule has 0 fully saturated rings. The lowest BCUT2D eigenvalue weighted by Crippen LogP contribution is -2.20. The number of aryl methyl sites for hydroxylation is 3. The number of nitrogens with one attached hydrogen (secondary N) is 1. The first-order valence-corrected chi connectivity index (χ1v) is 7.44. The fourth-order valence-electron chi connectivity index (χ4n) is 2.42. The summed E-state index contributed by atoms with van der Waals surface area (Å²) in [6, 6.07) is 9.14. The molecule has 3 nitrogen and oxygen atoms in total. The van der Waals surface area contributed by atoms with Crippen molar-refractivity contribution in [3.8, 4) is 0 Å². The molecule has 0 radical (unpaired) electrons. The minimum atomic E-state index is 0.421. The Bertz CT molecular complexity index is 531. The molecule has 1 aromatic carbocycles. The highest BCUT2D eigenvalue weighted by Crippen LogP contribution is 2.13. The van der Waals surface area contributed by atoms with Crippen LogP contribution in [0.4, 0.5) is 0 Å². The molecule has 1 atom stereocenters. The smallest absolute Gasteiger partial charge is 0.105 e. The van der Waals surface area contributed by atoms with Gasteiger partial charge in [0.25, 0.3) is 0 Å². The zero-order chi connectivity index (χ0) is 14.4. The van der Waals surface area contributed by atoms with E-state index in [1.807, 2.05) is 6.20 Å². The average molecular weight is 271 g/mol. The van der Waals surface area contributed by atoms with E-state index in [2.05, 4.69) is 66.1 Å². The topological polar surface area (TPSA) is 29.9 Å². The van der Waals surface area contributed by atoms with Crippen molar-refractivity contribution in [3.63, 3.8) is 0 Å². The van der Waals surface area contributed by atoms with Crippen LogP contribution in [-0.2, 0) is 6.54 Å². The maximum absolute atomic E-state index is 4.24.